The van der Waals surface area contributed by atoms with E-state index in [1.165, 1.54) is 32.4 Å². The zero-order valence-corrected chi connectivity index (χ0v) is 28.9. The van der Waals surface area contributed by atoms with Crippen LogP contribution in [-0.2, 0) is 27.5 Å². The van der Waals surface area contributed by atoms with Crippen LogP contribution < -0.4 is 25.0 Å². The molecule has 0 spiro atoms. The van der Waals surface area contributed by atoms with Crippen molar-refractivity contribution in [2.75, 3.05) is 61.7 Å². The van der Waals surface area contributed by atoms with Crippen LogP contribution in [0, 0.1) is 0 Å². The predicted octanol–water partition coefficient (Wildman–Crippen LogP) is 5.28. The van der Waals surface area contributed by atoms with E-state index in [1.54, 1.807) is 18.2 Å². The van der Waals surface area contributed by atoms with E-state index < -0.39 is 27.6 Å². The standard InChI is InChI=1S/C32H39ClF3N7O5S/c1-42(49(3,45)46)27-17-22(33)6-4-21(27)18-37-29-25(32(34,35)36)19-38-31(41-29)40-26-11-5-20(16-28(26)47-2)30(44)39-23-7-9-24(10-8-23)43-12-14-48-15-13-43/h4-6,11,16-17,19,23-24H,7-10,12-15,18H2,1-3H3,(H,39,44)(H2,37,38,40,41)/t23-,24-. The Hall–Kier alpha value is -3.86. The third-order valence-electron chi connectivity index (χ3n) is 8.73. The lowest BCUT2D eigenvalue weighted by Gasteiger charge is -2.38. The molecule has 49 heavy (non-hydrogen) atoms. The van der Waals surface area contributed by atoms with Gasteiger partial charge in [0.15, 0.2) is 0 Å². The van der Waals surface area contributed by atoms with Crippen molar-refractivity contribution in [2.45, 2.75) is 50.5 Å². The number of amides is 1. The van der Waals surface area contributed by atoms with Crippen LogP contribution in [0.4, 0.5) is 36.3 Å². The number of anilines is 4. The molecule has 2 heterocycles. The largest absolute Gasteiger partial charge is 0.495 e. The number of aromatic nitrogens is 2. The average molecular weight is 726 g/mol. The number of nitrogens with zero attached hydrogens (tertiary/aromatic N) is 4. The number of hydrogen-bond acceptors (Lipinski definition) is 10. The summed E-state index contributed by atoms with van der Waals surface area (Å²) < 4.78 is 78.2. The molecule has 3 N–H and O–H groups in total. The van der Waals surface area contributed by atoms with E-state index in [1.807, 2.05) is 0 Å². The minimum Gasteiger partial charge on any atom is -0.495 e. The fraction of sp³-hybridized carbons (Fsp3) is 0.469. The highest BCUT2D eigenvalue weighted by Gasteiger charge is 2.35. The summed E-state index contributed by atoms with van der Waals surface area (Å²) in [6.07, 6.45) is 0.604. The van der Waals surface area contributed by atoms with Crippen LogP contribution in [0.3, 0.4) is 0 Å². The number of ether oxygens (including phenoxy) is 2. The molecule has 3 aromatic rings. The summed E-state index contributed by atoms with van der Waals surface area (Å²) >= 11 is 6.08. The summed E-state index contributed by atoms with van der Waals surface area (Å²) in [5, 5.41) is 8.92. The number of alkyl halides is 3. The molecular formula is C32H39ClF3N7O5S. The van der Waals surface area contributed by atoms with Crippen LogP contribution in [0.5, 0.6) is 5.75 Å². The second kappa shape index (κ2) is 15.4. The van der Waals surface area contributed by atoms with Crippen LogP contribution in [0.1, 0.15) is 47.2 Å². The van der Waals surface area contributed by atoms with Crippen LogP contribution in [0.25, 0.3) is 0 Å². The summed E-state index contributed by atoms with van der Waals surface area (Å²) in [5.74, 6) is -0.699. The van der Waals surface area contributed by atoms with Crippen LogP contribution in [-0.4, -0.2) is 88.0 Å². The molecule has 0 atom stereocenters. The first-order valence-corrected chi connectivity index (χ1v) is 17.9. The molecule has 17 heteroatoms. The molecular weight excluding hydrogens is 687 g/mol. The highest BCUT2D eigenvalue weighted by Crippen LogP contribution is 2.36. The molecule has 1 saturated heterocycles. The molecule has 2 aliphatic rings. The number of hydrogen-bond donors (Lipinski definition) is 3. The number of carbonyl (C=O) groups excluding carboxylic acids is 1. The fourth-order valence-electron chi connectivity index (χ4n) is 5.97. The summed E-state index contributed by atoms with van der Waals surface area (Å²) in [7, 11) is -0.963. The maximum absolute atomic E-state index is 14.0. The highest BCUT2D eigenvalue weighted by molar-refractivity contribution is 7.92. The van der Waals surface area contributed by atoms with Gasteiger partial charge in [-0.25, -0.2) is 13.4 Å². The Kier molecular flexibility index (Phi) is 11.4. The maximum Gasteiger partial charge on any atom is 0.421 e. The quantitative estimate of drug-likeness (QED) is 0.239. The summed E-state index contributed by atoms with van der Waals surface area (Å²) in [6, 6.07) is 9.67. The molecule has 5 rings (SSSR count). The number of benzene rings is 2. The van der Waals surface area contributed by atoms with E-state index in [-0.39, 0.29) is 40.9 Å². The summed E-state index contributed by atoms with van der Waals surface area (Å²) in [4.78, 5) is 23.6. The van der Waals surface area contributed by atoms with E-state index >= 15 is 0 Å². The molecule has 2 fully saturated rings. The number of morpholine rings is 1. The third-order valence-corrected chi connectivity index (χ3v) is 10.2. The van der Waals surface area contributed by atoms with Crippen molar-refractivity contribution in [2.24, 2.45) is 0 Å². The van der Waals surface area contributed by atoms with Gasteiger partial charge in [-0.3, -0.25) is 14.0 Å². The van der Waals surface area contributed by atoms with Crippen molar-refractivity contribution in [3.63, 3.8) is 0 Å². The molecule has 0 unspecified atom stereocenters. The zero-order valence-electron chi connectivity index (χ0n) is 27.3. The van der Waals surface area contributed by atoms with Crippen LogP contribution in [0.15, 0.2) is 42.6 Å². The van der Waals surface area contributed by atoms with Gasteiger partial charge in [-0.15, -0.1) is 0 Å². The lowest BCUT2D eigenvalue weighted by molar-refractivity contribution is -0.137. The fourth-order valence-corrected chi connectivity index (χ4v) is 6.67. The van der Waals surface area contributed by atoms with Crippen molar-refractivity contribution in [3.8, 4) is 5.75 Å². The number of rotatable bonds is 11. The number of sulfonamides is 1. The zero-order chi connectivity index (χ0) is 35.3. The average Bonchev–Trinajstić information content (AvgIpc) is 3.07. The molecule has 2 aromatic carbocycles. The lowest BCUT2D eigenvalue weighted by atomic mass is 9.89. The maximum atomic E-state index is 14.0. The third kappa shape index (κ3) is 9.23. The smallest absolute Gasteiger partial charge is 0.421 e. The highest BCUT2D eigenvalue weighted by atomic mass is 35.5. The molecule has 0 radical (unpaired) electrons. The minimum atomic E-state index is -4.79. The van der Waals surface area contributed by atoms with Crippen molar-refractivity contribution in [1.29, 1.82) is 0 Å². The second-order valence-corrected chi connectivity index (χ2v) is 14.4. The van der Waals surface area contributed by atoms with E-state index in [0.717, 1.165) is 62.5 Å². The molecule has 12 nitrogen and oxygen atoms in total. The van der Waals surface area contributed by atoms with Crippen molar-refractivity contribution in [1.82, 2.24) is 20.2 Å². The van der Waals surface area contributed by atoms with Gasteiger partial charge >= 0.3 is 6.18 Å². The van der Waals surface area contributed by atoms with Gasteiger partial charge in [-0.2, -0.15) is 18.2 Å². The SMILES string of the molecule is COc1cc(C(=O)N[C@H]2CC[C@H](N3CCOCC3)CC2)ccc1Nc1ncc(C(F)(F)F)c(NCc2ccc(Cl)cc2N(C)S(C)(=O)=O)n1. The first-order chi connectivity index (χ1) is 23.2. The van der Waals surface area contributed by atoms with Gasteiger partial charge in [0.2, 0.25) is 16.0 Å². The van der Waals surface area contributed by atoms with Crippen molar-refractivity contribution >= 4 is 50.7 Å². The van der Waals surface area contributed by atoms with Gasteiger partial charge in [0.25, 0.3) is 5.91 Å². The van der Waals surface area contributed by atoms with Crippen molar-refractivity contribution in [3.05, 3.63) is 64.3 Å². The monoisotopic (exact) mass is 725 g/mol. The molecule has 1 aliphatic carbocycles. The molecule has 0 bridgehead atoms. The Labute approximate surface area is 288 Å². The van der Waals surface area contributed by atoms with E-state index in [9.17, 15) is 26.4 Å². The first kappa shape index (κ1) is 36.4. The van der Waals surface area contributed by atoms with Gasteiger partial charge in [0.1, 0.15) is 17.1 Å². The Morgan fingerprint density at radius 1 is 1.12 bits per heavy atom. The first-order valence-electron chi connectivity index (χ1n) is 15.7. The van der Waals surface area contributed by atoms with Gasteiger partial charge in [-0.05, 0) is 61.6 Å². The predicted molar refractivity (Wildman–Crippen MR) is 181 cm³/mol. The Balaban J connectivity index is 1.28. The molecule has 266 valence electrons. The van der Waals surface area contributed by atoms with Gasteiger partial charge in [0, 0.05) is 55.5 Å². The Morgan fingerprint density at radius 2 is 1.84 bits per heavy atom. The molecule has 1 saturated carbocycles. The number of halogens is 4. The topological polar surface area (TPSA) is 138 Å². The normalized spacial score (nSPS) is 18.8. The number of methoxy groups -OCH3 is 1. The molecule has 1 aromatic heterocycles. The number of carbonyl (C=O) groups is 1. The lowest BCUT2D eigenvalue weighted by Crippen LogP contribution is -2.47. The summed E-state index contributed by atoms with van der Waals surface area (Å²) in [5.41, 5.74) is 0.122. The van der Waals surface area contributed by atoms with Gasteiger partial charge < -0.3 is 25.4 Å². The van der Waals surface area contributed by atoms with Crippen LogP contribution in [0.2, 0.25) is 5.02 Å². The Morgan fingerprint density at radius 3 is 2.49 bits per heavy atom. The van der Waals surface area contributed by atoms with E-state index in [4.69, 9.17) is 21.1 Å². The summed E-state index contributed by atoms with van der Waals surface area (Å²) in [6.45, 7) is 3.17. The van der Waals surface area contributed by atoms with Crippen molar-refractivity contribution < 1.29 is 35.9 Å². The second-order valence-electron chi connectivity index (χ2n) is 12.0. The molecule has 1 aliphatic heterocycles. The van der Waals surface area contributed by atoms with Gasteiger partial charge in [0.05, 0.1) is 38.0 Å². The van der Waals surface area contributed by atoms with E-state index in [2.05, 4.69) is 30.8 Å². The molecule has 1 amide bonds. The Bertz CT molecular complexity index is 1750. The minimum absolute atomic E-state index is 0.0516. The van der Waals surface area contributed by atoms with Crippen LogP contribution >= 0.6 is 11.6 Å². The van der Waals surface area contributed by atoms with E-state index in [0.29, 0.717) is 29.1 Å². The van der Waals surface area contributed by atoms with Gasteiger partial charge in [-0.1, -0.05) is 17.7 Å². The number of nitrogens with one attached hydrogen (secondary N) is 3.